The van der Waals surface area contributed by atoms with E-state index in [2.05, 4.69) is 15.2 Å². The summed E-state index contributed by atoms with van der Waals surface area (Å²) < 4.78 is 11.1. The molecule has 0 unspecified atom stereocenters. The monoisotopic (exact) mass is 381 g/mol. The van der Waals surface area contributed by atoms with E-state index in [9.17, 15) is 9.59 Å². The molecule has 1 aliphatic heterocycles. The van der Waals surface area contributed by atoms with Gasteiger partial charge < -0.3 is 14.5 Å². The number of amides is 1. The maximum absolute atomic E-state index is 12.6. The Bertz CT molecular complexity index is 1100. The van der Waals surface area contributed by atoms with Crippen molar-refractivity contribution in [2.45, 2.75) is 33.0 Å². The number of carbonyl (C=O) groups is 1. The minimum atomic E-state index is -0.423. The third-order valence-corrected chi connectivity index (χ3v) is 4.90. The molecule has 2 aromatic heterocycles. The van der Waals surface area contributed by atoms with Crippen LogP contribution in [-0.4, -0.2) is 47.6 Å². The summed E-state index contributed by atoms with van der Waals surface area (Å²) in [5.74, 6) is 0.292. The topological polar surface area (TPSA) is 84.7 Å². The van der Waals surface area contributed by atoms with Gasteiger partial charge in [0.05, 0.1) is 29.7 Å². The van der Waals surface area contributed by atoms with E-state index >= 15 is 0 Å². The molecular formula is C21H23N3O4. The molecule has 1 fully saturated rings. The van der Waals surface area contributed by atoms with E-state index < -0.39 is 5.63 Å². The van der Waals surface area contributed by atoms with Gasteiger partial charge in [-0.25, -0.2) is 9.78 Å². The van der Waals surface area contributed by atoms with Crippen LogP contribution in [0.15, 0.2) is 39.5 Å². The largest absolute Gasteiger partial charge is 0.422 e. The van der Waals surface area contributed by atoms with Crippen molar-refractivity contribution in [2.75, 3.05) is 25.0 Å². The lowest BCUT2D eigenvalue weighted by atomic mass is 10.1. The zero-order chi connectivity index (χ0) is 19.8. The molecule has 1 amide bonds. The third kappa shape index (κ3) is 3.63. The Morgan fingerprint density at radius 2 is 1.96 bits per heavy atom. The number of pyridine rings is 1. The van der Waals surface area contributed by atoms with Gasteiger partial charge in [0, 0.05) is 18.5 Å². The van der Waals surface area contributed by atoms with E-state index in [4.69, 9.17) is 9.15 Å². The van der Waals surface area contributed by atoms with Crippen molar-refractivity contribution in [2.24, 2.45) is 0 Å². The molecule has 0 saturated carbocycles. The van der Waals surface area contributed by atoms with Gasteiger partial charge in [0.15, 0.2) is 0 Å². The third-order valence-electron chi connectivity index (χ3n) is 4.90. The smallest absolute Gasteiger partial charge is 0.346 e. The number of anilines is 1. The fourth-order valence-corrected chi connectivity index (χ4v) is 3.89. The highest BCUT2D eigenvalue weighted by Crippen LogP contribution is 2.25. The molecule has 4 rings (SSSR count). The van der Waals surface area contributed by atoms with Crippen molar-refractivity contribution >= 4 is 33.6 Å². The minimum Gasteiger partial charge on any atom is -0.422 e. The number of nitrogens with zero attached hydrogens (tertiary/aromatic N) is 2. The number of rotatable bonds is 3. The summed E-state index contributed by atoms with van der Waals surface area (Å²) in [6.07, 6.45) is 0.200. The zero-order valence-electron chi connectivity index (χ0n) is 16.2. The summed E-state index contributed by atoms with van der Waals surface area (Å²) >= 11 is 0. The van der Waals surface area contributed by atoms with E-state index in [0.29, 0.717) is 41.0 Å². The number of ether oxygens (including phenoxy) is 1. The number of nitrogens with one attached hydrogen (secondary N) is 1. The first kappa shape index (κ1) is 18.6. The summed E-state index contributed by atoms with van der Waals surface area (Å²) in [4.78, 5) is 31.5. The SMILES string of the molecule is Cc1cc(NC(=O)CN2C[C@@H](C)O[C@@H](C)C2)nc2c1c(=O)oc1ccccc12. The first-order valence-corrected chi connectivity index (χ1v) is 9.41. The molecule has 0 bridgehead atoms. The molecule has 0 spiro atoms. The van der Waals surface area contributed by atoms with Crippen LogP contribution in [0.5, 0.6) is 0 Å². The summed E-state index contributed by atoms with van der Waals surface area (Å²) in [6, 6.07) is 8.97. The van der Waals surface area contributed by atoms with Crippen molar-refractivity contribution in [3.05, 3.63) is 46.3 Å². The quantitative estimate of drug-likeness (QED) is 0.555. The number of hydrogen-bond donors (Lipinski definition) is 1. The molecule has 3 aromatic rings. The Hall–Kier alpha value is -2.77. The molecule has 7 heteroatoms. The second kappa shape index (κ2) is 7.33. The Morgan fingerprint density at radius 1 is 1.25 bits per heavy atom. The lowest BCUT2D eigenvalue weighted by Crippen LogP contribution is -2.48. The summed E-state index contributed by atoms with van der Waals surface area (Å²) in [5, 5.41) is 4.05. The lowest BCUT2D eigenvalue weighted by molar-refractivity contribution is -0.121. The molecular weight excluding hydrogens is 358 g/mol. The summed E-state index contributed by atoms with van der Waals surface area (Å²) in [6.45, 7) is 7.53. The first-order valence-electron chi connectivity index (χ1n) is 9.41. The van der Waals surface area contributed by atoms with Crippen molar-refractivity contribution in [3.63, 3.8) is 0 Å². The van der Waals surface area contributed by atoms with E-state index in [1.165, 1.54) is 0 Å². The Morgan fingerprint density at radius 3 is 2.71 bits per heavy atom. The highest BCUT2D eigenvalue weighted by atomic mass is 16.5. The molecule has 3 heterocycles. The molecule has 0 radical (unpaired) electrons. The Labute approximate surface area is 162 Å². The number of aryl methyl sites for hydroxylation is 1. The van der Waals surface area contributed by atoms with Crippen molar-refractivity contribution in [1.29, 1.82) is 0 Å². The first-order chi connectivity index (χ1) is 13.4. The summed E-state index contributed by atoms with van der Waals surface area (Å²) in [7, 11) is 0. The number of fused-ring (bicyclic) bond motifs is 3. The lowest BCUT2D eigenvalue weighted by Gasteiger charge is -2.34. The van der Waals surface area contributed by atoms with Gasteiger partial charge in [-0.05, 0) is 44.5 Å². The number of morpholine rings is 1. The van der Waals surface area contributed by atoms with Gasteiger partial charge in [-0.1, -0.05) is 12.1 Å². The van der Waals surface area contributed by atoms with Gasteiger partial charge in [-0.2, -0.15) is 0 Å². The summed E-state index contributed by atoms with van der Waals surface area (Å²) in [5.41, 5.74) is 1.31. The number of aromatic nitrogens is 1. The zero-order valence-corrected chi connectivity index (χ0v) is 16.2. The van der Waals surface area contributed by atoms with Crippen molar-refractivity contribution in [3.8, 4) is 0 Å². The molecule has 1 aliphatic rings. The molecule has 146 valence electrons. The molecule has 1 saturated heterocycles. The average molecular weight is 381 g/mol. The number of carbonyl (C=O) groups excluding carboxylic acids is 1. The van der Waals surface area contributed by atoms with Crippen molar-refractivity contribution < 1.29 is 13.9 Å². The van der Waals surface area contributed by atoms with Crippen LogP contribution in [-0.2, 0) is 9.53 Å². The van der Waals surface area contributed by atoms with E-state index in [1.54, 1.807) is 18.2 Å². The molecule has 1 N–H and O–H groups in total. The van der Waals surface area contributed by atoms with Gasteiger partial charge >= 0.3 is 5.63 Å². The number of benzene rings is 1. The van der Waals surface area contributed by atoms with Crippen LogP contribution in [0, 0.1) is 6.92 Å². The van der Waals surface area contributed by atoms with Crippen LogP contribution >= 0.6 is 0 Å². The van der Waals surface area contributed by atoms with Crippen LogP contribution in [0.2, 0.25) is 0 Å². The molecule has 28 heavy (non-hydrogen) atoms. The molecule has 0 aliphatic carbocycles. The predicted molar refractivity (Wildman–Crippen MR) is 108 cm³/mol. The maximum atomic E-state index is 12.6. The van der Waals surface area contributed by atoms with Crippen LogP contribution < -0.4 is 10.9 Å². The normalized spacial score (nSPS) is 20.5. The highest BCUT2D eigenvalue weighted by Gasteiger charge is 2.24. The molecule has 2 atom stereocenters. The van der Waals surface area contributed by atoms with Crippen LogP contribution in [0.25, 0.3) is 21.9 Å². The van der Waals surface area contributed by atoms with Crippen LogP contribution in [0.3, 0.4) is 0 Å². The number of para-hydroxylation sites is 1. The molecule has 1 aromatic carbocycles. The van der Waals surface area contributed by atoms with E-state index in [-0.39, 0.29) is 24.7 Å². The van der Waals surface area contributed by atoms with Gasteiger partial charge in [0.25, 0.3) is 0 Å². The Balaban J connectivity index is 1.63. The van der Waals surface area contributed by atoms with Crippen LogP contribution in [0.4, 0.5) is 5.82 Å². The van der Waals surface area contributed by atoms with Gasteiger partial charge in [0.2, 0.25) is 5.91 Å². The second-order valence-corrected chi connectivity index (χ2v) is 7.43. The van der Waals surface area contributed by atoms with Crippen molar-refractivity contribution in [1.82, 2.24) is 9.88 Å². The van der Waals surface area contributed by atoms with Gasteiger partial charge in [-0.3, -0.25) is 9.69 Å². The Kier molecular flexibility index (Phi) is 4.87. The van der Waals surface area contributed by atoms with Gasteiger partial charge in [0.1, 0.15) is 11.4 Å². The van der Waals surface area contributed by atoms with E-state index in [1.807, 2.05) is 32.9 Å². The fourth-order valence-electron chi connectivity index (χ4n) is 3.89. The second-order valence-electron chi connectivity index (χ2n) is 7.43. The fraction of sp³-hybridized carbons (Fsp3) is 0.381. The van der Waals surface area contributed by atoms with Crippen LogP contribution in [0.1, 0.15) is 19.4 Å². The highest BCUT2D eigenvalue weighted by molar-refractivity contribution is 6.04. The predicted octanol–water partition coefficient (Wildman–Crippen LogP) is 2.70. The minimum absolute atomic E-state index is 0.100. The van der Waals surface area contributed by atoms with Gasteiger partial charge in [-0.15, -0.1) is 0 Å². The molecule has 7 nitrogen and oxygen atoms in total. The average Bonchev–Trinajstić information content (AvgIpc) is 2.60. The van der Waals surface area contributed by atoms with E-state index in [0.717, 1.165) is 5.39 Å². The number of hydrogen-bond acceptors (Lipinski definition) is 6. The maximum Gasteiger partial charge on any atom is 0.346 e. The standard InChI is InChI=1S/C21H23N3O4/c1-12-8-17(22-18(25)11-24-9-13(2)27-14(3)10-24)23-20-15-6-4-5-7-16(15)28-21(26)19(12)20/h4-8,13-14H,9-11H2,1-3H3,(H,22,23,25)/t13-,14+.